The second-order valence-electron chi connectivity index (χ2n) is 2.66. The van der Waals surface area contributed by atoms with E-state index in [1.165, 1.54) is 6.92 Å². The summed E-state index contributed by atoms with van der Waals surface area (Å²) in [4.78, 5) is 11.2. The molecule has 0 aromatic carbocycles. The maximum Gasteiger partial charge on any atom is 0.238 e. The zero-order chi connectivity index (χ0) is 10.6. The van der Waals surface area contributed by atoms with Crippen molar-refractivity contribution in [2.45, 2.75) is 12.2 Å². The molecule has 0 aromatic rings. The Balaban J connectivity index is 4.22. The lowest BCUT2D eigenvalue weighted by atomic mass is 10.4. The highest BCUT2D eigenvalue weighted by molar-refractivity contribution is 7.92. The van der Waals surface area contributed by atoms with E-state index in [-0.39, 0.29) is 11.5 Å². The molecule has 13 heavy (non-hydrogen) atoms. The maximum atomic E-state index is 11.1. The van der Waals surface area contributed by atoms with Crippen molar-refractivity contribution in [1.82, 2.24) is 5.32 Å². The topological polar surface area (TPSA) is 89.3 Å². The molecular formula is C6H12N2O3S2. The van der Waals surface area contributed by atoms with Gasteiger partial charge in [0.15, 0.2) is 9.84 Å². The highest BCUT2D eigenvalue weighted by Crippen LogP contribution is 1.96. The van der Waals surface area contributed by atoms with E-state index in [0.717, 1.165) is 6.26 Å². The summed E-state index contributed by atoms with van der Waals surface area (Å²) in [5.41, 5.74) is 5.12. The number of hydrogen-bond donors (Lipinski definition) is 2. The quantitative estimate of drug-likeness (QED) is 0.587. The smallest absolute Gasteiger partial charge is 0.238 e. The molecule has 0 spiro atoms. The van der Waals surface area contributed by atoms with Crippen LogP contribution in [0.5, 0.6) is 0 Å². The third kappa shape index (κ3) is 4.79. The fraction of sp³-hybridized carbons (Fsp3) is 0.667. The Morgan fingerprint density at radius 1 is 1.62 bits per heavy atom. The highest BCUT2D eigenvalue weighted by Gasteiger charge is 2.22. The Morgan fingerprint density at radius 3 is 2.38 bits per heavy atom. The Hall–Kier alpha value is -0.690. The minimum absolute atomic E-state index is 0.0219. The zero-order valence-electron chi connectivity index (χ0n) is 7.40. The molecule has 0 bridgehead atoms. The standard InChI is InChI=1S/C6H12N2O3S2/c1-4(13(2,10)11)6(9)8-3-5(7)12/h4H,3H2,1-2H3,(H2,7,12)(H,8,9). The lowest BCUT2D eigenvalue weighted by Gasteiger charge is -2.09. The van der Waals surface area contributed by atoms with E-state index in [9.17, 15) is 13.2 Å². The van der Waals surface area contributed by atoms with Gasteiger partial charge in [-0.1, -0.05) is 12.2 Å². The molecule has 76 valence electrons. The molecule has 0 rings (SSSR count). The van der Waals surface area contributed by atoms with Crippen LogP contribution < -0.4 is 11.1 Å². The van der Waals surface area contributed by atoms with Gasteiger partial charge in [-0.05, 0) is 6.92 Å². The molecule has 1 unspecified atom stereocenters. The highest BCUT2D eigenvalue weighted by atomic mass is 32.2. The van der Waals surface area contributed by atoms with Crippen LogP contribution in [0.25, 0.3) is 0 Å². The molecule has 0 aromatic heterocycles. The van der Waals surface area contributed by atoms with Gasteiger partial charge in [0.25, 0.3) is 0 Å². The largest absolute Gasteiger partial charge is 0.392 e. The normalized spacial score (nSPS) is 13.4. The second kappa shape index (κ2) is 4.52. The number of carbonyl (C=O) groups is 1. The minimum Gasteiger partial charge on any atom is -0.392 e. The van der Waals surface area contributed by atoms with Crippen LogP contribution in [0.4, 0.5) is 0 Å². The minimum atomic E-state index is -3.35. The number of nitrogens with two attached hydrogens (primary N) is 1. The molecule has 0 aliphatic rings. The third-order valence-electron chi connectivity index (χ3n) is 1.45. The van der Waals surface area contributed by atoms with Crippen molar-refractivity contribution in [2.75, 3.05) is 12.8 Å². The molecule has 0 aliphatic carbocycles. The molecule has 7 heteroatoms. The second-order valence-corrected chi connectivity index (χ2v) is 5.55. The van der Waals surface area contributed by atoms with E-state index in [0.29, 0.717) is 0 Å². The lowest BCUT2D eigenvalue weighted by Crippen LogP contribution is -2.40. The van der Waals surface area contributed by atoms with Crippen LogP contribution in [0.15, 0.2) is 0 Å². The van der Waals surface area contributed by atoms with Crippen molar-refractivity contribution < 1.29 is 13.2 Å². The predicted octanol–water partition coefficient (Wildman–Crippen LogP) is -1.18. The van der Waals surface area contributed by atoms with Crippen LogP contribution in [0.2, 0.25) is 0 Å². The number of amides is 1. The van der Waals surface area contributed by atoms with Crippen molar-refractivity contribution >= 4 is 33.0 Å². The van der Waals surface area contributed by atoms with Crippen LogP contribution in [0, 0.1) is 0 Å². The first kappa shape index (κ1) is 12.3. The number of rotatable bonds is 4. The first-order chi connectivity index (χ1) is 5.75. The molecular weight excluding hydrogens is 212 g/mol. The van der Waals surface area contributed by atoms with Crippen LogP contribution >= 0.6 is 12.2 Å². The molecule has 0 heterocycles. The van der Waals surface area contributed by atoms with Crippen molar-refractivity contribution in [3.63, 3.8) is 0 Å². The average Bonchev–Trinajstić information content (AvgIpc) is 1.96. The summed E-state index contributed by atoms with van der Waals surface area (Å²) in [7, 11) is -3.35. The van der Waals surface area contributed by atoms with E-state index in [1.54, 1.807) is 0 Å². The van der Waals surface area contributed by atoms with Gasteiger partial charge in [0.2, 0.25) is 5.91 Å². The molecule has 0 aliphatic heterocycles. The number of thiocarbonyl (C=S) groups is 1. The molecule has 0 saturated carbocycles. The molecule has 3 N–H and O–H groups in total. The van der Waals surface area contributed by atoms with E-state index < -0.39 is 21.0 Å². The summed E-state index contributed by atoms with van der Waals surface area (Å²) in [5.74, 6) is -0.588. The van der Waals surface area contributed by atoms with Crippen molar-refractivity contribution in [2.24, 2.45) is 5.73 Å². The Labute approximate surface area is 82.6 Å². The maximum absolute atomic E-state index is 11.1. The van der Waals surface area contributed by atoms with Crippen LogP contribution in [-0.4, -0.2) is 37.4 Å². The number of carbonyl (C=O) groups excluding carboxylic acids is 1. The fourth-order valence-electron chi connectivity index (χ4n) is 0.512. The van der Waals surface area contributed by atoms with E-state index in [1.807, 2.05) is 0 Å². The Bertz CT molecular complexity index is 310. The monoisotopic (exact) mass is 224 g/mol. The summed E-state index contributed by atoms with van der Waals surface area (Å²) < 4.78 is 21.8. The SMILES string of the molecule is CC(C(=O)NCC(N)=S)S(C)(=O)=O. The first-order valence-corrected chi connectivity index (χ1v) is 5.86. The van der Waals surface area contributed by atoms with Gasteiger partial charge in [-0.15, -0.1) is 0 Å². The summed E-state index contributed by atoms with van der Waals surface area (Å²) in [6.07, 6.45) is 0.998. The van der Waals surface area contributed by atoms with Gasteiger partial charge in [-0.25, -0.2) is 8.42 Å². The number of sulfone groups is 1. The van der Waals surface area contributed by atoms with Gasteiger partial charge in [0, 0.05) is 6.26 Å². The molecule has 0 radical (unpaired) electrons. The lowest BCUT2D eigenvalue weighted by molar-refractivity contribution is -0.120. The molecule has 0 fully saturated rings. The van der Waals surface area contributed by atoms with Gasteiger partial charge < -0.3 is 11.1 Å². The van der Waals surface area contributed by atoms with Gasteiger partial charge in [0.1, 0.15) is 5.25 Å². The summed E-state index contributed by atoms with van der Waals surface area (Å²) in [6.45, 7) is 1.33. The van der Waals surface area contributed by atoms with Gasteiger partial charge >= 0.3 is 0 Å². The Kier molecular flexibility index (Phi) is 4.28. The van der Waals surface area contributed by atoms with E-state index in [4.69, 9.17) is 5.73 Å². The van der Waals surface area contributed by atoms with E-state index >= 15 is 0 Å². The molecule has 1 amide bonds. The number of nitrogens with one attached hydrogen (secondary N) is 1. The first-order valence-electron chi connectivity index (χ1n) is 3.50. The van der Waals surface area contributed by atoms with Crippen molar-refractivity contribution in [3.8, 4) is 0 Å². The summed E-state index contributed by atoms with van der Waals surface area (Å²) in [6, 6.07) is 0. The summed E-state index contributed by atoms with van der Waals surface area (Å²) >= 11 is 4.51. The third-order valence-corrected chi connectivity index (χ3v) is 3.09. The van der Waals surface area contributed by atoms with Gasteiger partial charge in [-0.2, -0.15) is 0 Å². The zero-order valence-corrected chi connectivity index (χ0v) is 9.04. The van der Waals surface area contributed by atoms with Crippen LogP contribution in [-0.2, 0) is 14.6 Å². The van der Waals surface area contributed by atoms with E-state index in [2.05, 4.69) is 17.5 Å². The Morgan fingerprint density at radius 2 is 2.08 bits per heavy atom. The van der Waals surface area contributed by atoms with Gasteiger partial charge in [0.05, 0.1) is 11.5 Å². The van der Waals surface area contributed by atoms with Crippen molar-refractivity contribution in [3.05, 3.63) is 0 Å². The molecule has 0 saturated heterocycles. The van der Waals surface area contributed by atoms with Crippen LogP contribution in [0.3, 0.4) is 0 Å². The van der Waals surface area contributed by atoms with Gasteiger partial charge in [-0.3, -0.25) is 4.79 Å². The number of hydrogen-bond acceptors (Lipinski definition) is 4. The molecule has 1 atom stereocenters. The average molecular weight is 224 g/mol. The van der Waals surface area contributed by atoms with Crippen LogP contribution in [0.1, 0.15) is 6.92 Å². The predicted molar refractivity (Wildman–Crippen MR) is 54.1 cm³/mol. The molecule has 5 nitrogen and oxygen atoms in total. The van der Waals surface area contributed by atoms with Crippen molar-refractivity contribution in [1.29, 1.82) is 0 Å². The fourth-order valence-corrected chi connectivity index (χ4v) is 1.06. The summed E-state index contributed by atoms with van der Waals surface area (Å²) in [5, 5.41) is 1.24.